The molecule has 0 atom stereocenters. The first-order chi connectivity index (χ1) is 6.74. The molecule has 1 heterocycles. The molecule has 0 unspecified atom stereocenters. The summed E-state index contributed by atoms with van der Waals surface area (Å²) in [5.74, 6) is 1.07. The second-order valence-electron chi connectivity index (χ2n) is 3.21. The molecule has 76 valence electrons. The lowest BCUT2D eigenvalue weighted by atomic mass is 10.3. The van der Waals surface area contributed by atoms with E-state index in [-0.39, 0.29) is 0 Å². The fraction of sp³-hybridized carbons (Fsp3) is 0.600. The van der Waals surface area contributed by atoms with Gasteiger partial charge in [0.15, 0.2) is 0 Å². The van der Waals surface area contributed by atoms with E-state index in [1.54, 1.807) is 0 Å². The first-order valence-electron chi connectivity index (χ1n) is 4.74. The van der Waals surface area contributed by atoms with Gasteiger partial charge in [0.05, 0.1) is 16.8 Å². The largest absolute Gasteiger partial charge is 0.262 e. The fourth-order valence-electron chi connectivity index (χ4n) is 1.20. The van der Waals surface area contributed by atoms with Crippen LogP contribution in [0.1, 0.15) is 25.0 Å². The zero-order valence-electron chi connectivity index (χ0n) is 8.66. The molecule has 4 heteroatoms. The molecule has 1 aromatic rings. The molecule has 14 heavy (non-hydrogen) atoms. The minimum absolute atomic E-state index is 0.672. The summed E-state index contributed by atoms with van der Waals surface area (Å²) in [6.07, 6.45) is 2.77. The van der Waals surface area contributed by atoms with E-state index in [2.05, 4.69) is 17.2 Å². The monoisotopic (exact) mass is 209 g/mol. The van der Waals surface area contributed by atoms with Crippen LogP contribution in [0.15, 0.2) is 11.1 Å². The summed E-state index contributed by atoms with van der Waals surface area (Å²) in [5, 5.41) is 13.8. The molecule has 1 rings (SSSR count). The Morgan fingerprint density at radius 2 is 2.36 bits per heavy atom. The van der Waals surface area contributed by atoms with Gasteiger partial charge in [-0.15, -0.1) is 11.8 Å². The molecule has 0 bridgehead atoms. The van der Waals surface area contributed by atoms with Crippen LogP contribution in [0.25, 0.3) is 0 Å². The van der Waals surface area contributed by atoms with Gasteiger partial charge < -0.3 is 0 Å². The van der Waals surface area contributed by atoms with E-state index in [0.717, 1.165) is 24.3 Å². The molecule has 0 N–H and O–H groups in total. The lowest BCUT2D eigenvalue weighted by Gasteiger charge is -1.99. The molecule has 0 spiro atoms. The summed E-state index contributed by atoms with van der Waals surface area (Å²) < 4.78 is 1.91. The Kier molecular flexibility index (Phi) is 4.54. The molecule has 3 nitrogen and oxygen atoms in total. The van der Waals surface area contributed by atoms with Gasteiger partial charge >= 0.3 is 0 Å². The van der Waals surface area contributed by atoms with E-state index in [0.29, 0.717) is 6.42 Å². The van der Waals surface area contributed by atoms with Crippen molar-refractivity contribution in [3.63, 3.8) is 0 Å². The Balaban J connectivity index is 2.25. The maximum absolute atomic E-state index is 8.36. The van der Waals surface area contributed by atoms with Gasteiger partial charge in [0.2, 0.25) is 0 Å². The molecule has 0 aromatic carbocycles. The summed E-state index contributed by atoms with van der Waals surface area (Å²) in [6, 6.07) is 4.25. The molecule has 0 amide bonds. The quantitative estimate of drug-likeness (QED) is 0.552. The molecule has 1 aromatic heterocycles. The summed E-state index contributed by atoms with van der Waals surface area (Å²) in [4.78, 5) is 0. The number of hydrogen-bond donors (Lipinski definition) is 0. The third kappa shape index (κ3) is 3.43. The van der Waals surface area contributed by atoms with Gasteiger partial charge in [0.1, 0.15) is 0 Å². The fourth-order valence-corrected chi connectivity index (χ4v) is 2.24. The van der Waals surface area contributed by atoms with Crippen LogP contribution in [-0.2, 0) is 7.05 Å². The highest BCUT2D eigenvalue weighted by molar-refractivity contribution is 7.99. The van der Waals surface area contributed by atoms with Crippen molar-refractivity contribution in [3.05, 3.63) is 11.8 Å². The summed E-state index contributed by atoms with van der Waals surface area (Å²) in [5.41, 5.74) is 1.06. The van der Waals surface area contributed by atoms with Crippen molar-refractivity contribution in [3.8, 4) is 6.07 Å². The van der Waals surface area contributed by atoms with Crippen LogP contribution in [0.4, 0.5) is 0 Å². The molecule has 0 aliphatic heterocycles. The van der Waals surface area contributed by atoms with Crippen molar-refractivity contribution in [2.24, 2.45) is 7.05 Å². The Labute approximate surface area is 89.1 Å². The van der Waals surface area contributed by atoms with Gasteiger partial charge in [-0.3, -0.25) is 4.68 Å². The first kappa shape index (κ1) is 11.1. The van der Waals surface area contributed by atoms with E-state index in [4.69, 9.17) is 5.26 Å². The maximum Gasteiger partial charge on any atom is 0.0939 e. The van der Waals surface area contributed by atoms with Crippen LogP contribution in [0.2, 0.25) is 0 Å². The summed E-state index contributed by atoms with van der Waals surface area (Å²) >= 11 is 1.81. The van der Waals surface area contributed by atoms with E-state index in [1.807, 2.05) is 30.4 Å². The van der Waals surface area contributed by atoms with Crippen LogP contribution in [0.3, 0.4) is 0 Å². The standard InChI is InChI=1S/C10H15N3S/c1-9-8-10(13(2)12-9)14-7-5-3-4-6-11/h8H,3-5,7H2,1-2H3. The second kappa shape index (κ2) is 5.71. The van der Waals surface area contributed by atoms with Gasteiger partial charge in [-0.1, -0.05) is 0 Å². The zero-order valence-corrected chi connectivity index (χ0v) is 9.47. The van der Waals surface area contributed by atoms with Crippen molar-refractivity contribution in [1.29, 1.82) is 5.26 Å². The Morgan fingerprint density at radius 3 is 2.93 bits per heavy atom. The molecule has 0 saturated heterocycles. The van der Waals surface area contributed by atoms with Gasteiger partial charge in [0.25, 0.3) is 0 Å². The number of unbranched alkanes of at least 4 members (excludes halogenated alkanes) is 2. The Morgan fingerprint density at radius 1 is 1.57 bits per heavy atom. The highest BCUT2D eigenvalue weighted by Gasteiger charge is 2.01. The molecular formula is C10H15N3S. The summed E-state index contributed by atoms with van der Waals surface area (Å²) in [7, 11) is 1.96. The zero-order chi connectivity index (χ0) is 10.4. The van der Waals surface area contributed by atoms with E-state index in [1.165, 1.54) is 5.03 Å². The average molecular weight is 209 g/mol. The molecule has 0 aliphatic rings. The number of aromatic nitrogens is 2. The van der Waals surface area contributed by atoms with Crippen LogP contribution in [-0.4, -0.2) is 15.5 Å². The minimum Gasteiger partial charge on any atom is -0.262 e. The average Bonchev–Trinajstić information content (AvgIpc) is 2.45. The predicted molar refractivity (Wildman–Crippen MR) is 58.1 cm³/mol. The van der Waals surface area contributed by atoms with Gasteiger partial charge in [-0.25, -0.2) is 0 Å². The third-order valence-electron chi connectivity index (χ3n) is 1.89. The smallest absolute Gasteiger partial charge is 0.0939 e. The number of aryl methyl sites for hydroxylation is 2. The van der Waals surface area contributed by atoms with Crippen molar-refractivity contribution in [2.45, 2.75) is 31.2 Å². The topological polar surface area (TPSA) is 41.6 Å². The van der Waals surface area contributed by atoms with E-state index in [9.17, 15) is 0 Å². The number of hydrogen-bond acceptors (Lipinski definition) is 3. The van der Waals surface area contributed by atoms with Gasteiger partial charge in [-0.05, 0) is 31.6 Å². The van der Waals surface area contributed by atoms with Gasteiger partial charge in [-0.2, -0.15) is 10.4 Å². The van der Waals surface area contributed by atoms with Crippen molar-refractivity contribution < 1.29 is 0 Å². The summed E-state index contributed by atoms with van der Waals surface area (Å²) in [6.45, 7) is 2.00. The maximum atomic E-state index is 8.36. The lowest BCUT2D eigenvalue weighted by molar-refractivity contribution is 0.691. The number of nitrogens with zero attached hydrogens (tertiary/aromatic N) is 3. The highest BCUT2D eigenvalue weighted by atomic mass is 32.2. The normalized spacial score (nSPS) is 10.1. The Bertz CT molecular complexity index is 325. The second-order valence-corrected chi connectivity index (χ2v) is 4.33. The third-order valence-corrected chi connectivity index (χ3v) is 3.06. The van der Waals surface area contributed by atoms with Crippen molar-refractivity contribution >= 4 is 11.8 Å². The van der Waals surface area contributed by atoms with Crippen molar-refractivity contribution in [1.82, 2.24) is 9.78 Å². The number of nitriles is 1. The van der Waals surface area contributed by atoms with Crippen molar-refractivity contribution in [2.75, 3.05) is 5.75 Å². The SMILES string of the molecule is Cc1cc(SCCCCC#N)n(C)n1. The Hall–Kier alpha value is -0.950. The number of thioether (sulfide) groups is 1. The molecule has 0 fully saturated rings. The highest BCUT2D eigenvalue weighted by Crippen LogP contribution is 2.19. The van der Waals surface area contributed by atoms with Crippen LogP contribution < -0.4 is 0 Å². The lowest BCUT2D eigenvalue weighted by Crippen LogP contribution is -1.93. The predicted octanol–water partition coefficient (Wildman–Crippen LogP) is 2.51. The van der Waals surface area contributed by atoms with Crippen LogP contribution in [0.5, 0.6) is 0 Å². The van der Waals surface area contributed by atoms with Gasteiger partial charge in [0, 0.05) is 13.5 Å². The molecular weight excluding hydrogens is 194 g/mol. The van der Waals surface area contributed by atoms with E-state index >= 15 is 0 Å². The van der Waals surface area contributed by atoms with Crippen LogP contribution >= 0.6 is 11.8 Å². The molecule has 0 saturated carbocycles. The van der Waals surface area contributed by atoms with E-state index < -0.39 is 0 Å². The van der Waals surface area contributed by atoms with Crippen LogP contribution in [0, 0.1) is 18.3 Å². The molecule has 0 aliphatic carbocycles. The minimum atomic E-state index is 0.672. The molecule has 0 radical (unpaired) electrons. The number of rotatable bonds is 5. The first-order valence-corrected chi connectivity index (χ1v) is 5.73.